The minimum absolute atomic E-state index is 0.107. The van der Waals surface area contributed by atoms with Crippen molar-refractivity contribution in [3.8, 4) is 0 Å². The van der Waals surface area contributed by atoms with Crippen LogP contribution in [-0.4, -0.2) is 43.8 Å². The van der Waals surface area contributed by atoms with Gasteiger partial charge >= 0.3 is 0 Å². The van der Waals surface area contributed by atoms with E-state index in [0.717, 1.165) is 26.8 Å². The van der Waals surface area contributed by atoms with Gasteiger partial charge in [0.25, 0.3) is 0 Å². The molecule has 4 nitrogen and oxygen atoms in total. The maximum atomic E-state index is 12.9. The Bertz CT molecular complexity index is 841. The van der Waals surface area contributed by atoms with Crippen molar-refractivity contribution in [2.45, 2.75) is 11.8 Å². The summed E-state index contributed by atoms with van der Waals surface area (Å²) >= 11 is 3.16. The van der Waals surface area contributed by atoms with Gasteiger partial charge in [0.1, 0.15) is 0 Å². The molecule has 1 heterocycles. The molecule has 0 radical (unpaired) electrons. The maximum Gasteiger partial charge on any atom is 0.239 e. The number of fused-ring (bicyclic) bond motifs is 1. The van der Waals surface area contributed by atoms with E-state index in [-0.39, 0.29) is 5.91 Å². The van der Waals surface area contributed by atoms with Crippen molar-refractivity contribution >= 4 is 44.4 Å². The second-order valence-electron chi connectivity index (χ2n) is 6.57. The monoisotopic (exact) mass is 386 g/mol. The van der Waals surface area contributed by atoms with Gasteiger partial charge in [-0.05, 0) is 31.2 Å². The lowest BCUT2D eigenvalue weighted by atomic mass is 10.2. The van der Waals surface area contributed by atoms with Gasteiger partial charge < -0.3 is 4.90 Å². The molecule has 1 amide bonds. The van der Waals surface area contributed by atoms with Crippen molar-refractivity contribution in [3.05, 3.63) is 54.1 Å². The van der Waals surface area contributed by atoms with Gasteiger partial charge in [-0.15, -0.1) is 11.8 Å². The molecular formula is C20H24N3OS2+. The molecule has 3 aromatic rings. The van der Waals surface area contributed by atoms with Crippen molar-refractivity contribution in [2.75, 3.05) is 37.8 Å². The summed E-state index contributed by atoms with van der Waals surface area (Å²) in [6.45, 7) is 3.63. The number of aromatic nitrogens is 1. The molecule has 0 unspecified atom stereocenters. The molecule has 2 aromatic carbocycles. The minimum atomic E-state index is 0.107. The molecule has 0 aliphatic heterocycles. The van der Waals surface area contributed by atoms with Crippen molar-refractivity contribution in [1.82, 2.24) is 4.98 Å². The highest BCUT2D eigenvalue weighted by Crippen LogP contribution is 2.29. The van der Waals surface area contributed by atoms with Gasteiger partial charge in [-0.2, -0.15) is 0 Å². The van der Waals surface area contributed by atoms with E-state index in [0.29, 0.717) is 12.3 Å². The van der Waals surface area contributed by atoms with Crippen molar-refractivity contribution in [1.29, 1.82) is 0 Å². The van der Waals surface area contributed by atoms with E-state index in [1.54, 1.807) is 23.1 Å². The number of rotatable bonds is 7. The fraction of sp³-hybridized carbons (Fsp3) is 0.300. The number of aryl methyl sites for hydroxylation is 1. The SMILES string of the molecule is Cc1ccc(SCC(=O)N(CC[NH+](C)C)c2nc3ccccc3s2)cc1. The van der Waals surface area contributed by atoms with Crippen molar-refractivity contribution in [2.24, 2.45) is 0 Å². The van der Waals surface area contributed by atoms with Gasteiger partial charge in [-0.1, -0.05) is 41.2 Å². The predicted octanol–water partition coefficient (Wildman–Crippen LogP) is 2.87. The van der Waals surface area contributed by atoms with E-state index in [2.05, 4.69) is 56.3 Å². The number of thiazole rings is 1. The zero-order chi connectivity index (χ0) is 18.5. The second-order valence-corrected chi connectivity index (χ2v) is 8.63. The van der Waals surface area contributed by atoms with Crippen LogP contribution in [0.4, 0.5) is 5.13 Å². The van der Waals surface area contributed by atoms with Gasteiger partial charge in [0.2, 0.25) is 5.91 Å². The molecule has 0 fully saturated rings. The number of nitrogens with zero attached hydrogens (tertiary/aromatic N) is 2. The number of hydrogen-bond donors (Lipinski definition) is 1. The van der Waals surface area contributed by atoms with Crippen LogP contribution in [0.5, 0.6) is 0 Å². The van der Waals surface area contributed by atoms with Crippen LogP contribution in [0.3, 0.4) is 0 Å². The van der Waals surface area contributed by atoms with Gasteiger partial charge in [0.15, 0.2) is 5.13 Å². The van der Waals surface area contributed by atoms with Gasteiger partial charge in [-0.25, -0.2) is 4.98 Å². The number of hydrogen-bond acceptors (Lipinski definition) is 4. The number of carbonyl (C=O) groups excluding carboxylic acids is 1. The Labute approximate surface area is 162 Å². The van der Waals surface area contributed by atoms with Gasteiger partial charge in [0.05, 0.1) is 43.2 Å². The molecule has 0 aliphatic rings. The molecular weight excluding hydrogens is 362 g/mol. The molecule has 26 heavy (non-hydrogen) atoms. The number of carbonyl (C=O) groups is 1. The molecule has 1 N–H and O–H groups in total. The Kier molecular flexibility index (Phi) is 6.29. The fourth-order valence-electron chi connectivity index (χ4n) is 2.50. The first kappa shape index (κ1) is 18.9. The number of thioether (sulfide) groups is 1. The maximum absolute atomic E-state index is 12.9. The van der Waals surface area contributed by atoms with Crippen LogP contribution < -0.4 is 9.80 Å². The van der Waals surface area contributed by atoms with E-state index >= 15 is 0 Å². The number of likely N-dealkylation sites (N-methyl/N-ethyl adjacent to an activating group) is 1. The number of nitrogens with one attached hydrogen (secondary N) is 1. The van der Waals surface area contributed by atoms with E-state index in [9.17, 15) is 4.79 Å². The zero-order valence-electron chi connectivity index (χ0n) is 15.4. The lowest BCUT2D eigenvalue weighted by molar-refractivity contribution is -0.856. The zero-order valence-corrected chi connectivity index (χ0v) is 17.0. The molecule has 6 heteroatoms. The average molecular weight is 387 g/mol. The number of amides is 1. The standard InChI is InChI=1S/C20H23N3OS2/c1-15-8-10-16(11-9-15)25-14-19(24)23(13-12-22(2)3)20-21-17-6-4-5-7-18(17)26-20/h4-11H,12-14H2,1-3H3/p+1. The van der Waals surface area contributed by atoms with Crippen LogP contribution in [0.1, 0.15) is 5.56 Å². The molecule has 136 valence electrons. The summed E-state index contributed by atoms with van der Waals surface area (Å²) in [5.74, 6) is 0.526. The van der Waals surface area contributed by atoms with Gasteiger partial charge in [-0.3, -0.25) is 9.69 Å². The van der Waals surface area contributed by atoms with E-state index < -0.39 is 0 Å². The molecule has 0 saturated carbocycles. The number of anilines is 1. The van der Waals surface area contributed by atoms with Crippen LogP contribution in [-0.2, 0) is 4.79 Å². The Morgan fingerprint density at radius 1 is 1.15 bits per heavy atom. The van der Waals surface area contributed by atoms with Crippen LogP contribution in [0, 0.1) is 6.92 Å². The molecule has 1 aromatic heterocycles. The third-order valence-corrected chi connectivity index (χ3v) is 6.09. The predicted molar refractivity (Wildman–Crippen MR) is 112 cm³/mol. The van der Waals surface area contributed by atoms with E-state index in [1.165, 1.54) is 10.5 Å². The Balaban J connectivity index is 1.75. The topological polar surface area (TPSA) is 37.6 Å². The molecule has 0 bridgehead atoms. The second kappa shape index (κ2) is 8.66. The van der Waals surface area contributed by atoms with Crippen molar-refractivity contribution in [3.63, 3.8) is 0 Å². The number of quaternary nitrogens is 1. The largest absolute Gasteiger partial charge is 0.338 e. The van der Waals surface area contributed by atoms with Crippen LogP contribution in [0.25, 0.3) is 10.2 Å². The van der Waals surface area contributed by atoms with E-state index in [1.807, 2.05) is 23.1 Å². The first-order chi connectivity index (χ1) is 12.5. The Hall–Kier alpha value is -1.89. The van der Waals surface area contributed by atoms with E-state index in [4.69, 9.17) is 0 Å². The first-order valence-electron chi connectivity index (χ1n) is 8.67. The molecule has 0 spiro atoms. The fourth-order valence-corrected chi connectivity index (χ4v) is 4.28. The first-order valence-corrected chi connectivity index (χ1v) is 10.5. The number of para-hydroxylation sites is 1. The highest BCUT2D eigenvalue weighted by atomic mass is 32.2. The number of benzene rings is 2. The van der Waals surface area contributed by atoms with Crippen molar-refractivity contribution < 1.29 is 9.69 Å². The quantitative estimate of drug-likeness (QED) is 0.635. The summed E-state index contributed by atoms with van der Waals surface area (Å²) < 4.78 is 1.11. The summed E-state index contributed by atoms with van der Waals surface area (Å²) in [6, 6.07) is 16.3. The lowest BCUT2D eigenvalue weighted by Crippen LogP contribution is -3.06. The highest BCUT2D eigenvalue weighted by molar-refractivity contribution is 8.00. The smallest absolute Gasteiger partial charge is 0.239 e. The third-order valence-electron chi connectivity index (χ3n) is 4.03. The highest BCUT2D eigenvalue weighted by Gasteiger charge is 2.20. The van der Waals surface area contributed by atoms with Gasteiger partial charge in [0, 0.05) is 4.90 Å². The lowest BCUT2D eigenvalue weighted by Gasteiger charge is -2.20. The van der Waals surface area contributed by atoms with Crippen LogP contribution in [0.2, 0.25) is 0 Å². The summed E-state index contributed by atoms with van der Waals surface area (Å²) in [7, 11) is 4.20. The summed E-state index contributed by atoms with van der Waals surface area (Å²) in [4.78, 5) is 21.9. The molecule has 3 rings (SSSR count). The molecule has 0 atom stereocenters. The third kappa shape index (κ3) is 4.84. The average Bonchev–Trinajstić information content (AvgIpc) is 3.05. The summed E-state index contributed by atoms with van der Waals surface area (Å²) in [5.41, 5.74) is 2.18. The Morgan fingerprint density at radius 3 is 2.58 bits per heavy atom. The van der Waals surface area contributed by atoms with Crippen LogP contribution >= 0.6 is 23.1 Å². The van der Waals surface area contributed by atoms with Crippen LogP contribution in [0.15, 0.2) is 53.4 Å². The minimum Gasteiger partial charge on any atom is -0.338 e. The summed E-state index contributed by atoms with van der Waals surface area (Å²) in [5, 5.41) is 0.793. The molecule has 0 saturated heterocycles. The Morgan fingerprint density at radius 2 is 1.88 bits per heavy atom. The normalized spacial score (nSPS) is 11.2. The molecule has 0 aliphatic carbocycles. The summed E-state index contributed by atoms with van der Waals surface area (Å²) in [6.07, 6.45) is 0.